The Kier molecular flexibility index (Phi) is 6.96. The number of hydrogen-bond donors (Lipinski definition) is 1. The molecule has 184 valence electrons. The highest BCUT2D eigenvalue weighted by atomic mass is 16.5. The number of pyridine rings is 1. The van der Waals surface area contributed by atoms with Crippen LogP contribution in [0.2, 0.25) is 0 Å². The van der Waals surface area contributed by atoms with Gasteiger partial charge in [-0.15, -0.1) is 0 Å². The molecule has 2 amide bonds. The van der Waals surface area contributed by atoms with Gasteiger partial charge >= 0.3 is 0 Å². The van der Waals surface area contributed by atoms with Crippen LogP contribution in [-0.4, -0.2) is 40.9 Å². The van der Waals surface area contributed by atoms with Crippen molar-refractivity contribution in [3.63, 3.8) is 0 Å². The van der Waals surface area contributed by atoms with Crippen molar-refractivity contribution in [2.24, 2.45) is 0 Å². The summed E-state index contributed by atoms with van der Waals surface area (Å²) in [6.07, 6.45) is 6.39. The van der Waals surface area contributed by atoms with Crippen molar-refractivity contribution in [1.82, 2.24) is 15.2 Å². The number of likely N-dealkylation sites (tertiary alicyclic amines) is 1. The second kappa shape index (κ2) is 10.5. The predicted octanol–water partition coefficient (Wildman–Crippen LogP) is 4.43. The maximum absolute atomic E-state index is 12.9. The van der Waals surface area contributed by atoms with Gasteiger partial charge < -0.3 is 15.0 Å². The molecule has 1 spiro atoms. The summed E-state index contributed by atoms with van der Waals surface area (Å²) in [5.41, 5.74) is 3.91. The quantitative estimate of drug-likeness (QED) is 0.529. The molecule has 1 aliphatic heterocycles. The van der Waals surface area contributed by atoms with Crippen LogP contribution in [0.1, 0.15) is 48.2 Å². The Bertz CT molecular complexity index is 1230. The lowest BCUT2D eigenvalue weighted by Crippen LogP contribution is -2.51. The zero-order valence-corrected chi connectivity index (χ0v) is 20.5. The molecule has 1 aliphatic carbocycles. The van der Waals surface area contributed by atoms with Crippen LogP contribution in [0.15, 0.2) is 85.1 Å². The Morgan fingerprint density at radius 1 is 1.03 bits per heavy atom. The van der Waals surface area contributed by atoms with Crippen molar-refractivity contribution >= 4 is 17.9 Å². The monoisotopic (exact) mass is 481 g/mol. The van der Waals surface area contributed by atoms with E-state index in [0.29, 0.717) is 19.7 Å². The Morgan fingerprint density at radius 2 is 1.75 bits per heavy atom. The molecule has 0 saturated carbocycles. The van der Waals surface area contributed by atoms with Crippen molar-refractivity contribution < 1.29 is 14.3 Å². The molecule has 3 aromatic rings. The molecule has 6 nitrogen and oxygen atoms in total. The molecule has 1 aromatic heterocycles. The molecule has 36 heavy (non-hydrogen) atoms. The highest BCUT2D eigenvalue weighted by Crippen LogP contribution is 2.52. The van der Waals surface area contributed by atoms with E-state index in [1.165, 1.54) is 5.56 Å². The predicted molar refractivity (Wildman–Crippen MR) is 139 cm³/mol. The van der Waals surface area contributed by atoms with Crippen LogP contribution in [0.25, 0.3) is 6.08 Å². The lowest BCUT2D eigenvalue weighted by Gasteiger charge is -2.44. The molecule has 0 bridgehead atoms. The van der Waals surface area contributed by atoms with Gasteiger partial charge in [-0.3, -0.25) is 14.6 Å². The number of fused-ring (bicyclic) bond motifs is 2. The lowest BCUT2D eigenvalue weighted by molar-refractivity contribution is -0.129. The van der Waals surface area contributed by atoms with E-state index in [1.54, 1.807) is 25.3 Å². The number of benzene rings is 2. The van der Waals surface area contributed by atoms with Crippen LogP contribution in [0.4, 0.5) is 0 Å². The molecule has 1 N–H and O–H groups in total. The van der Waals surface area contributed by atoms with E-state index in [1.807, 2.05) is 47.4 Å². The van der Waals surface area contributed by atoms with Gasteiger partial charge in [-0.1, -0.05) is 60.7 Å². The minimum absolute atomic E-state index is 0.0121. The maximum Gasteiger partial charge on any atom is 0.246 e. The number of rotatable bonds is 6. The van der Waals surface area contributed by atoms with Crippen molar-refractivity contribution in [2.45, 2.75) is 43.9 Å². The number of carbonyl (C=O) groups excluding carboxylic acids is 2. The fraction of sp³-hybridized carbons (Fsp3) is 0.300. The summed E-state index contributed by atoms with van der Waals surface area (Å²) in [4.78, 5) is 31.3. The highest BCUT2D eigenvalue weighted by Gasteiger charge is 2.54. The number of hydrogen-bond acceptors (Lipinski definition) is 4. The maximum atomic E-state index is 12.9. The van der Waals surface area contributed by atoms with Crippen LogP contribution in [-0.2, 0) is 26.3 Å². The lowest BCUT2D eigenvalue weighted by atomic mass is 9.71. The van der Waals surface area contributed by atoms with Gasteiger partial charge in [0, 0.05) is 37.7 Å². The van der Waals surface area contributed by atoms with Crippen molar-refractivity contribution in [3.8, 4) is 0 Å². The standard InChI is InChI=1S/C30H31N3O3/c1-22(34)32-28-25-12-5-6-13-26(25)30(29(28)36-21-23-9-3-2-4-10-23)16-19-33(20-17-30)27(35)15-14-24-11-7-8-18-31-24/h2-15,18,28-29H,16-17,19-21H2,1H3,(H,32,34)/b15-14+/t28-,29+/m0/s1. The minimum Gasteiger partial charge on any atom is -0.370 e. The van der Waals surface area contributed by atoms with E-state index < -0.39 is 0 Å². The fourth-order valence-corrected chi connectivity index (χ4v) is 5.66. The number of nitrogens with zero attached hydrogens (tertiary/aromatic N) is 2. The van der Waals surface area contributed by atoms with Gasteiger partial charge in [0.15, 0.2) is 0 Å². The normalized spacial score (nSPS) is 20.4. The van der Waals surface area contributed by atoms with Gasteiger partial charge in [0.25, 0.3) is 0 Å². The molecular formula is C30H31N3O3. The number of piperidine rings is 1. The van der Waals surface area contributed by atoms with Crippen LogP contribution in [0.3, 0.4) is 0 Å². The molecular weight excluding hydrogens is 450 g/mol. The number of carbonyl (C=O) groups is 2. The van der Waals surface area contributed by atoms with E-state index >= 15 is 0 Å². The smallest absolute Gasteiger partial charge is 0.246 e. The van der Waals surface area contributed by atoms with E-state index in [2.05, 4.69) is 40.6 Å². The van der Waals surface area contributed by atoms with Crippen molar-refractivity contribution in [2.75, 3.05) is 13.1 Å². The summed E-state index contributed by atoms with van der Waals surface area (Å²) in [6, 6.07) is 23.8. The molecule has 6 heteroatoms. The van der Waals surface area contributed by atoms with Gasteiger partial charge in [-0.05, 0) is 47.7 Å². The largest absolute Gasteiger partial charge is 0.370 e. The molecule has 1 saturated heterocycles. The number of nitrogens with one attached hydrogen (secondary N) is 1. The van der Waals surface area contributed by atoms with Crippen LogP contribution in [0.5, 0.6) is 0 Å². The summed E-state index contributed by atoms with van der Waals surface area (Å²) in [5.74, 6) is -0.0885. The SMILES string of the molecule is CC(=O)N[C@H]1c2ccccc2C2(CCN(C(=O)/C=C/c3ccccn3)CC2)[C@@H]1OCc1ccccc1. The summed E-state index contributed by atoms with van der Waals surface area (Å²) in [7, 11) is 0. The first-order valence-electron chi connectivity index (χ1n) is 12.5. The first-order chi connectivity index (χ1) is 17.6. The van der Waals surface area contributed by atoms with Crippen LogP contribution in [0, 0.1) is 0 Å². The summed E-state index contributed by atoms with van der Waals surface area (Å²) < 4.78 is 6.64. The Balaban J connectivity index is 1.38. The van der Waals surface area contributed by atoms with E-state index in [0.717, 1.165) is 29.7 Å². The van der Waals surface area contributed by atoms with E-state index in [-0.39, 0.29) is 29.4 Å². The average Bonchev–Trinajstić information content (AvgIpc) is 3.15. The van der Waals surface area contributed by atoms with Gasteiger partial charge in [-0.25, -0.2) is 0 Å². The third kappa shape index (κ3) is 4.82. The Labute approximate surface area is 212 Å². The van der Waals surface area contributed by atoms with Crippen molar-refractivity contribution in [1.29, 1.82) is 0 Å². The first kappa shape index (κ1) is 23.9. The Hall–Kier alpha value is -3.77. The van der Waals surface area contributed by atoms with Gasteiger partial charge in [0.2, 0.25) is 11.8 Å². The minimum atomic E-state index is -0.278. The molecule has 2 aliphatic rings. The second-order valence-electron chi connectivity index (χ2n) is 9.55. The second-order valence-corrected chi connectivity index (χ2v) is 9.55. The van der Waals surface area contributed by atoms with Crippen LogP contribution >= 0.6 is 0 Å². The zero-order valence-electron chi connectivity index (χ0n) is 20.5. The van der Waals surface area contributed by atoms with Crippen molar-refractivity contribution in [3.05, 3.63) is 107 Å². The molecule has 0 unspecified atom stereocenters. The van der Waals surface area contributed by atoms with Crippen LogP contribution < -0.4 is 5.32 Å². The summed E-state index contributed by atoms with van der Waals surface area (Å²) >= 11 is 0. The molecule has 2 atom stereocenters. The summed E-state index contributed by atoms with van der Waals surface area (Å²) in [5, 5.41) is 3.17. The van der Waals surface area contributed by atoms with Gasteiger partial charge in [0.05, 0.1) is 24.4 Å². The molecule has 0 radical (unpaired) electrons. The molecule has 5 rings (SSSR count). The summed E-state index contributed by atoms with van der Waals surface area (Å²) in [6.45, 7) is 3.26. The highest BCUT2D eigenvalue weighted by molar-refractivity contribution is 5.91. The van der Waals surface area contributed by atoms with E-state index in [4.69, 9.17) is 4.74 Å². The fourth-order valence-electron chi connectivity index (χ4n) is 5.66. The van der Waals surface area contributed by atoms with E-state index in [9.17, 15) is 9.59 Å². The third-order valence-corrected chi connectivity index (χ3v) is 7.36. The average molecular weight is 482 g/mol. The molecule has 1 fully saturated rings. The zero-order chi connectivity index (χ0) is 25.0. The third-order valence-electron chi connectivity index (χ3n) is 7.36. The Morgan fingerprint density at radius 3 is 2.47 bits per heavy atom. The van der Waals surface area contributed by atoms with Gasteiger partial charge in [0.1, 0.15) is 0 Å². The molecule has 2 heterocycles. The molecule has 2 aromatic carbocycles. The topological polar surface area (TPSA) is 71.5 Å². The number of aromatic nitrogens is 1. The number of amides is 2. The van der Waals surface area contributed by atoms with Gasteiger partial charge in [-0.2, -0.15) is 0 Å². The number of ether oxygens (including phenoxy) is 1. The first-order valence-corrected chi connectivity index (χ1v) is 12.5.